The summed E-state index contributed by atoms with van der Waals surface area (Å²) in [7, 11) is 0. The largest absolute Gasteiger partial charge is 0.417 e. The molecule has 0 fully saturated rings. The molecule has 0 unspecified atom stereocenters. The molecular weight excluding hydrogens is 265 g/mol. The molecular formula is C10H7F3N4S. The lowest BCUT2D eigenvalue weighted by molar-refractivity contribution is -0.137. The zero-order valence-electron chi connectivity index (χ0n) is 8.85. The molecule has 0 aliphatic rings. The highest BCUT2D eigenvalue weighted by molar-refractivity contribution is 7.80. The first-order valence-corrected chi connectivity index (χ1v) is 5.20. The number of imidazole rings is 1. The zero-order chi connectivity index (χ0) is 13.2. The van der Waals surface area contributed by atoms with Gasteiger partial charge in [0.25, 0.3) is 0 Å². The van der Waals surface area contributed by atoms with E-state index in [0.717, 1.165) is 12.3 Å². The predicted octanol–water partition coefficient (Wildman–Crippen LogP) is 2.54. The minimum absolute atomic E-state index is 0.238. The smallest absolute Gasteiger partial charge is 0.317 e. The van der Waals surface area contributed by atoms with Crippen LogP contribution in [0.4, 0.5) is 19.0 Å². The van der Waals surface area contributed by atoms with Gasteiger partial charge in [0.2, 0.25) is 0 Å². The van der Waals surface area contributed by atoms with E-state index in [1.54, 1.807) is 6.20 Å². The summed E-state index contributed by atoms with van der Waals surface area (Å²) in [6.07, 6.45) is 0.974. The highest BCUT2D eigenvalue weighted by atomic mass is 32.1. The van der Waals surface area contributed by atoms with E-state index in [1.807, 2.05) is 0 Å². The summed E-state index contributed by atoms with van der Waals surface area (Å²) >= 11 is 5.01. The fourth-order valence-corrected chi connectivity index (χ4v) is 1.40. The number of alkyl halides is 3. The number of halogens is 3. The molecule has 2 aromatic heterocycles. The van der Waals surface area contributed by atoms with Gasteiger partial charge in [0, 0.05) is 18.6 Å². The van der Waals surface area contributed by atoms with Crippen LogP contribution < -0.4 is 5.32 Å². The minimum Gasteiger partial charge on any atom is -0.317 e. The third kappa shape index (κ3) is 2.83. The van der Waals surface area contributed by atoms with Gasteiger partial charge in [-0.25, -0.2) is 9.97 Å². The Kier molecular flexibility index (Phi) is 3.28. The highest BCUT2D eigenvalue weighted by Gasteiger charge is 2.30. The Morgan fingerprint density at radius 3 is 2.61 bits per heavy atom. The maximum Gasteiger partial charge on any atom is 0.417 e. The van der Waals surface area contributed by atoms with Crippen LogP contribution in [-0.4, -0.2) is 19.6 Å². The SMILES string of the molecule is FC(F)(F)c1ccc(NC(=S)n2ccnc2)nc1. The summed E-state index contributed by atoms with van der Waals surface area (Å²) in [4.78, 5) is 7.44. The molecule has 8 heteroatoms. The summed E-state index contributed by atoms with van der Waals surface area (Å²) in [6.45, 7) is 0. The van der Waals surface area contributed by atoms with Crippen LogP contribution in [0.15, 0.2) is 37.1 Å². The lowest BCUT2D eigenvalue weighted by atomic mass is 10.3. The van der Waals surface area contributed by atoms with Crippen LogP contribution in [0.5, 0.6) is 0 Å². The van der Waals surface area contributed by atoms with Gasteiger partial charge in [-0.05, 0) is 24.4 Å². The van der Waals surface area contributed by atoms with Gasteiger partial charge in [-0.2, -0.15) is 13.2 Å². The van der Waals surface area contributed by atoms with Crippen molar-refractivity contribution in [3.63, 3.8) is 0 Å². The van der Waals surface area contributed by atoms with Crippen LogP contribution in [0.25, 0.3) is 0 Å². The molecule has 18 heavy (non-hydrogen) atoms. The third-order valence-corrected chi connectivity index (χ3v) is 2.38. The Balaban J connectivity index is 2.09. The molecule has 0 bridgehead atoms. The fourth-order valence-electron chi connectivity index (χ4n) is 1.19. The molecule has 0 aliphatic carbocycles. The lowest BCUT2D eigenvalue weighted by Crippen LogP contribution is -2.18. The minimum atomic E-state index is -4.39. The van der Waals surface area contributed by atoms with E-state index in [9.17, 15) is 13.2 Å². The van der Waals surface area contributed by atoms with Crippen molar-refractivity contribution >= 4 is 23.1 Å². The number of hydrogen-bond acceptors (Lipinski definition) is 3. The standard InChI is InChI=1S/C10H7F3N4S/c11-10(12,13)7-1-2-8(15-5-7)16-9(18)17-4-3-14-6-17/h1-6H,(H,15,16,18). The summed E-state index contributed by atoms with van der Waals surface area (Å²) in [6, 6.07) is 2.15. The van der Waals surface area contributed by atoms with E-state index in [-0.39, 0.29) is 10.9 Å². The maximum atomic E-state index is 12.3. The molecule has 0 aromatic carbocycles. The van der Waals surface area contributed by atoms with Gasteiger partial charge in [0.1, 0.15) is 12.1 Å². The van der Waals surface area contributed by atoms with Crippen molar-refractivity contribution in [2.75, 3.05) is 5.32 Å². The van der Waals surface area contributed by atoms with Gasteiger partial charge in [-0.1, -0.05) is 0 Å². The molecule has 0 amide bonds. The molecule has 2 rings (SSSR count). The van der Waals surface area contributed by atoms with Crippen LogP contribution in [-0.2, 0) is 6.18 Å². The highest BCUT2D eigenvalue weighted by Crippen LogP contribution is 2.28. The normalized spacial score (nSPS) is 11.3. The molecule has 94 valence electrons. The summed E-state index contributed by atoms with van der Waals surface area (Å²) in [5.41, 5.74) is -0.804. The van der Waals surface area contributed by atoms with Crippen LogP contribution in [0.1, 0.15) is 5.56 Å². The van der Waals surface area contributed by atoms with Gasteiger partial charge >= 0.3 is 6.18 Å². The van der Waals surface area contributed by atoms with Crippen molar-refractivity contribution in [3.05, 3.63) is 42.6 Å². The monoisotopic (exact) mass is 272 g/mol. The number of anilines is 1. The van der Waals surface area contributed by atoms with Gasteiger partial charge < -0.3 is 5.32 Å². The molecule has 2 heterocycles. The second-order valence-corrected chi connectivity index (χ2v) is 3.72. The number of nitrogens with zero attached hydrogens (tertiary/aromatic N) is 3. The van der Waals surface area contributed by atoms with Crippen molar-refractivity contribution < 1.29 is 13.2 Å². The number of nitrogens with one attached hydrogen (secondary N) is 1. The van der Waals surface area contributed by atoms with Crippen LogP contribution in [0, 0.1) is 0 Å². The second kappa shape index (κ2) is 4.73. The van der Waals surface area contributed by atoms with Gasteiger partial charge in [-0.15, -0.1) is 0 Å². The Bertz CT molecular complexity index is 533. The Morgan fingerprint density at radius 1 is 1.33 bits per heavy atom. The molecule has 2 aromatic rings. The summed E-state index contributed by atoms with van der Waals surface area (Å²) in [5.74, 6) is 0.238. The van der Waals surface area contributed by atoms with Crippen LogP contribution >= 0.6 is 12.2 Å². The first kappa shape index (κ1) is 12.5. The average Bonchev–Trinajstić information content (AvgIpc) is 2.82. The van der Waals surface area contributed by atoms with E-state index in [0.29, 0.717) is 0 Å². The van der Waals surface area contributed by atoms with E-state index in [2.05, 4.69) is 15.3 Å². The van der Waals surface area contributed by atoms with Crippen molar-refractivity contribution in [2.45, 2.75) is 6.18 Å². The third-order valence-electron chi connectivity index (χ3n) is 2.06. The number of hydrogen-bond donors (Lipinski definition) is 1. The summed E-state index contributed by atoms with van der Waals surface area (Å²) < 4.78 is 38.4. The van der Waals surface area contributed by atoms with Crippen molar-refractivity contribution in [2.24, 2.45) is 0 Å². The quantitative estimate of drug-likeness (QED) is 0.810. The molecule has 0 atom stereocenters. The van der Waals surface area contributed by atoms with Crippen molar-refractivity contribution in [3.8, 4) is 0 Å². The molecule has 0 saturated carbocycles. The number of pyridine rings is 1. The molecule has 0 spiro atoms. The number of thiocarbonyl (C=S) groups is 1. The van der Waals surface area contributed by atoms with Gasteiger partial charge in [0.15, 0.2) is 5.11 Å². The topological polar surface area (TPSA) is 42.7 Å². The molecule has 4 nitrogen and oxygen atoms in total. The molecule has 0 aliphatic heterocycles. The van der Waals surface area contributed by atoms with E-state index < -0.39 is 11.7 Å². The lowest BCUT2D eigenvalue weighted by Gasteiger charge is -2.09. The Hall–Kier alpha value is -1.96. The zero-order valence-corrected chi connectivity index (χ0v) is 9.66. The van der Waals surface area contributed by atoms with Gasteiger partial charge in [0.05, 0.1) is 5.56 Å². The van der Waals surface area contributed by atoms with Crippen LogP contribution in [0.3, 0.4) is 0 Å². The maximum absolute atomic E-state index is 12.3. The second-order valence-electron chi connectivity index (χ2n) is 3.33. The first-order chi connectivity index (χ1) is 8.47. The molecule has 0 saturated heterocycles. The number of aromatic nitrogens is 3. The fraction of sp³-hybridized carbons (Fsp3) is 0.100. The Morgan fingerprint density at radius 2 is 2.11 bits per heavy atom. The molecule has 1 N–H and O–H groups in total. The summed E-state index contributed by atoms with van der Waals surface area (Å²) in [5, 5.41) is 2.98. The number of rotatable bonds is 1. The predicted molar refractivity (Wildman–Crippen MR) is 63.1 cm³/mol. The van der Waals surface area contributed by atoms with E-state index in [1.165, 1.54) is 23.2 Å². The van der Waals surface area contributed by atoms with Crippen LogP contribution in [0.2, 0.25) is 0 Å². The Labute approximate surface area is 105 Å². The first-order valence-electron chi connectivity index (χ1n) is 4.79. The molecule has 0 radical (unpaired) electrons. The van der Waals surface area contributed by atoms with E-state index >= 15 is 0 Å². The van der Waals surface area contributed by atoms with E-state index in [4.69, 9.17) is 12.2 Å². The van der Waals surface area contributed by atoms with Gasteiger partial charge in [-0.3, -0.25) is 4.57 Å². The van der Waals surface area contributed by atoms with Crippen molar-refractivity contribution in [1.82, 2.24) is 14.5 Å². The average molecular weight is 272 g/mol. The van der Waals surface area contributed by atoms with Crippen molar-refractivity contribution in [1.29, 1.82) is 0 Å².